The van der Waals surface area contributed by atoms with Crippen LogP contribution in [0.3, 0.4) is 0 Å². The average molecular weight is 239 g/mol. The van der Waals surface area contributed by atoms with Gasteiger partial charge in [-0.3, -0.25) is 4.79 Å². The maximum absolute atomic E-state index is 12.5. The molecule has 2 rings (SSSR count). The van der Waals surface area contributed by atoms with E-state index in [4.69, 9.17) is 0 Å². The SMILES string of the molecule is CC1NCCCC1C(=O)N1CCN(C)CC1C. The fourth-order valence-corrected chi connectivity index (χ4v) is 3.06. The molecule has 1 N–H and O–H groups in total. The smallest absolute Gasteiger partial charge is 0.227 e. The topological polar surface area (TPSA) is 35.6 Å². The molecule has 0 aromatic rings. The van der Waals surface area contributed by atoms with Crippen LogP contribution < -0.4 is 5.32 Å². The summed E-state index contributed by atoms with van der Waals surface area (Å²) in [6.07, 6.45) is 2.18. The van der Waals surface area contributed by atoms with E-state index in [1.165, 1.54) is 0 Å². The molecule has 0 saturated carbocycles. The molecule has 0 aromatic heterocycles. The number of hydrogen-bond donors (Lipinski definition) is 1. The van der Waals surface area contributed by atoms with Crippen molar-refractivity contribution in [3.8, 4) is 0 Å². The van der Waals surface area contributed by atoms with Gasteiger partial charge in [-0.25, -0.2) is 0 Å². The van der Waals surface area contributed by atoms with Crippen LogP contribution in [0.5, 0.6) is 0 Å². The van der Waals surface area contributed by atoms with Crippen LogP contribution in [0.25, 0.3) is 0 Å². The van der Waals surface area contributed by atoms with Crippen molar-refractivity contribution in [2.24, 2.45) is 5.92 Å². The summed E-state index contributed by atoms with van der Waals surface area (Å²) < 4.78 is 0. The predicted octanol–water partition coefficient (Wildman–Crippen LogP) is 0.537. The first-order chi connectivity index (χ1) is 8.09. The average Bonchev–Trinajstić information content (AvgIpc) is 2.29. The normalized spacial score (nSPS) is 35.9. The fraction of sp³-hybridized carbons (Fsp3) is 0.923. The zero-order valence-corrected chi connectivity index (χ0v) is 11.3. The molecule has 17 heavy (non-hydrogen) atoms. The second-order valence-electron chi connectivity index (χ2n) is 5.63. The monoisotopic (exact) mass is 239 g/mol. The minimum atomic E-state index is 0.189. The number of rotatable bonds is 1. The van der Waals surface area contributed by atoms with Gasteiger partial charge in [-0.05, 0) is 40.3 Å². The van der Waals surface area contributed by atoms with E-state index < -0.39 is 0 Å². The van der Waals surface area contributed by atoms with Crippen LogP contribution in [0.15, 0.2) is 0 Å². The van der Waals surface area contributed by atoms with Gasteiger partial charge in [-0.2, -0.15) is 0 Å². The number of nitrogens with one attached hydrogen (secondary N) is 1. The molecule has 0 radical (unpaired) electrons. The van der Waals surface area contributed by atoms with Crippen molar-refractivity contribution in [2.75, 3.05) is 33.2 Å². The summed E-state index contributed by atoms with van der Waals surface area (Å²) in [5.74, 6) is 0.555. The molecule has 2 fully saturated rings. The quantitative estimate of drug-likeness (QED) is 0.725. The number of piperidine rings is 1. The number of likely N-dealkylation sites (N-methyl/N-ethyl adjacent to an activating group) is 1. The van der Waals surface area contributed by atoms with E-state index in [1.54, 1.807) is 0 Å². The second kappa shape index (κ2) is 5.36. The lowest BCUT2D eigenvalue weighted by molar-refractivity contribution is -0.141. The van der Waals surface area contributed by atoms with E-state index in [9.17, 15) is 4.79 Å². The molecule has 3 unspecified atom stereocenters. The predicted molar refractivity (Wildman–Crippen MR) is 68.9 cm³/mol. The van der Waals surface area contributed by atoms with E-state index in [1.807, 2.05) is 0 Å². The van der Waals surface area contributed by atoms with Crippen molar-refractivity contribution in [1.82, 2.24) is 15.1 Å². The number of carbonyl (C=O) groups is 1. The van der Waals surface area contributed by atoms with Crippen LogP contribution in [0.1, 0.15) is 26.7 Å². The zero-order valence-electron chi connectivity index (χ0n) is 11.3. The summed E-state index contributed by atoms with van der Waals surface area (Å²) in [7, 11) is 2.13. The Balaban J connectivity index is 1.98. The first kappa shape index (κ1) is 12.8. The van der Waals surface area contributed by atoms with E-state index in [2.05, 4.69) is 36.0 Å². The summed E-state index contributed by atoms with van der Waals surface area (Å²) in [5, 5.41) is 3.42. The molecule has 4 nitrogen and oxygen atoms in total. The maximum atomic E-state index is 12.5. The molecule has 1 amide bonds. The summed E-state index contributed by atoms with van der Waals surface area (Å²) in [5.41, 5.74) is 0. The van der Waals surface area contributed by atoms with Crippen LogP contribution >= 0.6 is 0 Å². The molecule has 0 spiro atoms. The Morgan fingerprint density at radius 3 is 2.71 bits per heavy atom. The Morgan fingerprint density at radius 2 is 2.06 bits per heavy atom. The molecule has 98 valence electrons. The van der Waals surface area contributed by atoms with E-state index >= 15 is 0 Å². The molecule has 2 aliphatic rings. The third-order valence-electron chi connectivity index (χ3n) is 4.19. The van der Waals surface area contributed by atoms with Crippen LogP contribution in [-0.2, 0) is 4.79 Å². The van der Waals surface area contributed by atoms with Crippen molar-refractivity contribution in [2.45, 2.75) is 38.8 Å². The molecule has 0 aromatic carbocycles. The minimum absolute atomic E-state index is 0.189. The van der Waals surface area contributed by atoms with Gasteiger partial charge in [-0.1, -0.05) is 0 Å². The van der Waals surface area contributed by atoms with Gasteiger partial charge in [0.05, 0.1) is 5.92 Å². The highest BCUT2D eigenvalue weighted by molar-refractivity contribution is 5.80. The van der Waals surface area contributed by atoms with Crippen molar-refractivity contribution in [3.63, 3.8) is 0 Å². The van der Waals surface area contributed by atoms with Gasteiger partial charge >= 0.3 is 0 Å². The van der Waals surface area contributed by atoms with Crippen LogP contribution in [0.2, 0.25) is 0 Å². The molecule has 0 bridgehead atoms. The van der Waals surface area contributed by atoms with Gasteiger partial charge in [0.1, 0.15) is 0 Å². The second-order valence-corrected chi connectivity index (χ2v) is 5.63. The molecule has 3 atom stereocenters. The Kier molecular flexibility index (Phi) is 4.05. The lowest BCUT2D eigenvalue weighted by atomic mass is 9.90. The van der Waals surface area contributed by atoms with Gasteiger partial charge < -0.3 is 15.1 Å². The molecular weight excluding hydrogens is 214 g/mol. The Hall–Kier alpha value is -0.610. The van der Waals surface area contributed by atoms with E-state index in [-0.39, 0.29) is 5.92 Å². The van der Waals surface area contributed by atoms with Crippen molar-refractivity contribution < 1.29 is 4.79 Å². The van der Waals surface area contributed by atoms with Gasteiger partial charge in [0, 0.05) is 31.7 Å². The highest BCUT2D eigenvalue weighted by atomic mass is 16.2. The molecule has 2 saturated heterocycles. The maximum Gasteiger partial charge on any atom is 0.227 e. The van der Waals surface area contributed by atoms with Crippen LogP contribution in [0.4, 0.5) is 0 Å². The number of hydrogen-bond acceptors (Lipinski definition) is 3. The third-order valence-corrected chi connectivity index (χ3v) is 4.19. The van der Waals surface area contributed by atoms with Gasteiger partial charge in [0.25, 0.3) is 0 Å². The lowest BCUT2D eigenvalue weighted by Crippen LogP contribution is -2.57. The first-order valence-corrected chi connectivity index (χ1v) is 6.82. The Labute approximate surface area is 104 Å². The molecule has 2 aliphatic heterocycles. The van der Waals surface area contributed by atoms with Gasteiger partial charge in [0.2, 0.25) is 5.91 Å². The van der Waals surface area contributed by atoms with Gasteiger partial charge in [0.15, 0.2) is 0 Å². The number of carbonyl (C=O) groups excluding carboxylic acids is 1. The standard InChI is InChI=1S/C13H25N3O/c1-10-9-15(3)7-8-16(10)13(17)12-5-4-6-14-11(12)2/h10-12,14H,4-9H2,1-3H3. The first-order valence-electron chi connectivity index (χ1n) is 6.82. The van der Waals surface area contributed by atoms with E-state index in [0.29, 0.717) is 18.0 Å². The molecule has 4 heteroatoms. The lowest BCUT2D eigenvalue weighted by Gasteiger charge is -2.41. The van der Waals surface area contributed by atoms with Crippen molar-refractivity contribution in [3.05, 3.63) is 0 Å². The highest BCUT2D eigenvalue weighted by Gasteiger charge is 2.34. The Morgan fingerprint density at radius 1 is 1.29 bits per heavy atom. The Bertz CT molecular complexity index is 282. The zero-order chi connectivity index (χ0) is 12.4. The highest BCUT2D eigenvalue weighted by Crippen LogP contribution is 2.21. The van der Waals surface area contributed by atoms with Crippen LogP contribution in [-0.4, -0.2) is 61.0 Å². The number of amides is 1. The largest absolute Gasteiger partial charge is 0.337 e. The summed E-state index contributed by atoms with van der Waals surface area (Å²) in [4.78, 5) is 16.9. The summed E-state index contributed by atoms with van der Waals surface area (Å²) >= 11 is 0. The summed E-state index contributed by atoms with van der Waals surface area (Å²) in [6.45, 7) is 8.25. The van der Waals surface area contributed by atoms with Crippen molar-refractivity contribution in [1.29, 1.82) is 0 Å². The van der Waals surface area contributed by atoms with Gasteiger partial charge in [-0.15, -0.1) is 0 Å². The number of nitrogens with zero attached hydrogens (tertiary/aromatic N) is 2. The van der Waals surface area contributed by atoms with Crippen molar-refractivity contribution >= 4 is 5.91 Å². The molecule has 0 aliphatic carbocycles. The van der Waals surface area contributed by atoms with Crippen LogP contribution in [0, 0.1) is 5.92 Å². The number of piperazine rings is 1. The minimum Gasteiger partial charge on any atom is -0.337 e. The van der Waals surface area contributed by atoms with E-state index in [0.717, 1.165) is 39.0 Å². The fourth-order valence-electron chi connectivity index (χ4n) is 3.06. The summed E-state index contributed by atoms with van der Waals surface area (Å²) in [6, 6.07) is 0.693. The molecule has 2 heterocycles. The molecular formula is C13H25N3O. The third kappa shape index (κ3) is 2.80.